The van der Waals surface area contributed by atoms with Gasteiger partial charge in [0.1, 0.15) is 0 Å². The molecule has 2 heteroatoms. The first-order valence-electron chi connectivity index (χ1n) is 8.43. The van der Waals surface area contributed by atoms with Crippen LogP contribution >= 0.6 is 11.3 Å². The third-order valence-corrected chi connectivity index (χ3v) is 6.64. The predicted octanol–water partition coefficient (Wildman–Crippen LogP) is 5.83. The van der Waals surface area contributed by atoms with Crippen LogP contribution in [0.3, 0.4) is 0 Å². The van der Waals surface area contributed by atoms with E-state index in [1.54, 1.807) is 0 Å². The summed E-state index contributed by atoms with van der Waals surface area (Å²) in [4.78, 5) is 1.52. The smallest absolute Gasteiger partial charge is 0.0391 e. The first-order chi connectivity index (χ1) is 10.2. The number of hydrogen-bond donors (Lipinski definition) is 1. The fourth-order valence-corrected chi connectivity index (χ4v) is 5.00. The molecule has 0 bridgehead atoms. The van der Waals surface area contributed by atoms with Crippen molar-refractivity contribution in [2.24, 2.45) is 5.92 Å². The molecule has 0 spiro atoms. The molecule has 21 heavy (non-hydrogen) atoms. The minimum atomic E-state index is 0.477. The number of rotatable bonds is 4. The lowest BCUT2D eigenvalue weighted by Crippen LogP contribution is -2.34. The van der Waals surface area contributed by atoms with E-state index in [1.165, 1.54) is 52.6 Å². The van der Waals surface area contributed by atoms with Crippen LogP contribution in [0.15, 0.2) is 24.3 Å². The van der Waals surface area contributed by atoms with Gasteiger partial charge in [-0.25, -0.2) is 0 Å². The zero-order valence-electron chi connectivity index (χ0n) is 13.5. The zero-order valence-corrected chi connectivity index (χ0v) is 14.3. The molecular weight excluding hydrogens is 274 g/mol. The van der Waals surface area contributed by atoms with Crippen molar-refractivity contribution in [3.63, 3.8) is 0 Å². The fraction of sp³-hybridized carbons (Fsp3) is 0.579. The average Bonchev–Trinajstić information content (AvgIpc) is 2.86. The molecule has 1 atom stereocenters. The van der Waals surface area contributed by atoms with Gasteiger partial charge in [-0.1, -0.05) is 31.5 Å². The monoisotopic (exact) mass is 301 g/mol. The second-order valence-electron chi connectivity index (χ2n) is 6.60. The van der Waals surface area contributed by atoms with Crippen LogP contribution in [-0.2, 0) is 0 Å². The van der Waals surface area contributed by atoms with E-state index >= 15 is 0 Å². The summed E-state index contributed by atoms with van der Waals surface area (Å²) in [7, 11) is 0. The van der Waals surface area contributed by atoms with Gasteiger partial charge in [-0.15, -0.1) is 11.3 Å². The normalized spacial score (nSPS) is 24.3. The summed E-state index contributed by atoms with van der Waals surface area (Å²) < 4.78 is 1.42. The molecule has 2 aromatic rings. The van der Waals surface area contributed by atoms with Crippen LogP contribution in [0, 0.1) is 12.8 Å². The van der Waals surface area contributed by atoms with Crippen molar-refractivity contribution in [3.8, 4) is 0 Å². The number of fused-ring (bicyclic) bond motifs is 1. The lowest BCUT2D eigenvalue weighted by Gasteiger charge is -2.30. The van der Waals surface area contributed by atoms with Crippen LogP contribution in [-0.4, -0.2) is 6.04 Å². The number of nitrogens with one attached hydrogen (secondary N) is 1. The maximum Gasteiger partial charge on any atom is 0.0391 e. The second kappa shape index (κ2) is 6.50. The molecule has 1 aromatic heterocycles. The number of benzene rings is 1. The predicted molar refractivity (Wildman–Crippen MR) is 94.1 cm³/mol. The molecule has 1 aromatic carbocycles. The van der Waals surface area contributed by atoms with Gasteiger partial charge in [0.2, 0.25) is 0 Å². The molecule has 0 radical (unpaired) electrons. The topological polar surface area (TPSA) is 12.0 Å². The molecule has 1 fully saturated rings. The summed E-state index contributed by atoms with van der Waals surface area (Å²) in [6, 6.07) is 9.99. The summed E-state index contributed by atoms with van der Waals surface area (Å²) in [5, 5.41) is 5.32. The summed E-state index contributed by atoms with van der Waals surface area (Å²) in [6.07, 6.45) is 6.88. The van der Waals surface area contributed by atoms with Crippen molar-refractivity contribution in [1.82, 2.24) is 5.32 Å². The van der Waals surface area contributed by atoms with Crippen LogP contribution < -0.4 is 5.32 Å². The highest BCUT2D eigenvalue weighted by atomic mass is 32.1. The minimum absolute atomic E-state index is 0.477. The third-order valence-electron chi connectivity index (χ3n) is 5.18. The molecule has 0 saturated heterocycles. The van der Waals surface area contributed by atoms with Gasteiger partial charge in [0.05, 0.1) is 0 Å². The van der Waals surface area contributed by atoms with Crippen LogP contribution in [0.25, 0.3) is 10.1 Å². The molecule has 1 heterocycles. The Balaban J connectivity index is 1.70. The Kier molecular flexibility index (Phi) is 4.66. The third kappa shape index (κ3) is 3.17. The van der Waals surface area contributed by atoms with E-state index in [4.69, 9.17) is 0 Å². The van der Waals surface area contributed by atoms with E-state index in [0.29, 0.717) is 12.1 Å². The van der Waals surface area contributed by atoms with E-state index in [9.17, 15) is 0 Å². The largest absolute Gasteiger partial charge is 0.307 e. The molecule has 3 rings (SSSR count). The fourth-order valence-electron chi connectivity index (χ4n) is 3.77. The van der Waals surface area contributed by atoms with E-state index < -0.39 is 0 Å². The average molecular weight is 301 g/mol. The highest BCUT2D eigenvalue weighted by Crippen LogP contribution is 2.35. The molecule has 0 aliphatic heterocycles. The summed E-state index contributed by atoms with van der Waals surface area (Å²) in [6.45, 7) is 6.95. The molecule has 0 amide bonds. The van der Waals surface area contributed by atoms with Crippen LogP contribution in [0.5, 0.6) is 0 Å². The highest BCUT2D eigenvalue weighted by Gasteiger charge is 2.23. The zero-order chi connectivity index (χ0) is 14.8. The Morgan fingerprint density at radius 1 is 1.19 bits per heavy atom. The molecule has 1 unspecified atom stereocenters. The van der Waals surface area contributed by atoms with Crippen molar-refractivity contribution in [1.29, 1.82) is 0 Å². The Morgan fingerprint density at radius 2 is 1.90 bits per heavy atom. The SMILES string of the molecule is CCC1CCC(NC(C)c2sc3ccccc3c2C)CC1. The van der Waals surface area contributed by atoms with Crippen molar-refractivity contribution in [2.75, 3.05) is 0 Å². The van der Waals surface area contributed by atoms with Crippen molar-refractivity contribution in [2.45, 2.75) is 65.0 Å². The Bertz CT molecular complexity index is 593. The molecule has 114 valence electrons. The van der Waals surface area contributed by atoms with Gasteiger partial charge in [0.15, 0.2) is 0 Å². The first kappa shape index (κ1) is 15.1. The summed E-state index contributed by atoms with van der Waals surface area (Å²) >= 11 is 1.96. The first-order valence-corrected chi connectivity index (χ1v) is 9.24. The van der Waals surface area contributed by atoms with Crippen LogP contribution in [0.1, 0.15) is 62.4 Å². The summed E-state index contributed by atoms with van der Waals surface area (Å²) in [5.41, 5.74) is 1.47. The Labute approximate surface area is 132 Å². The van der Waals surface area contributed by atoms with Gasteiger partial charge in [0.25, 0.3) is 0 Å². The summed E-state index contributed by atoms with van der Waals surface area (Å²) in [5.74, 6) is 0.976. The van der Waals surface area contributed by atoms with Gasteiger partial charge in [-0.3, -0.25) is 0 Å². The Morgan fingerprint density at radius 3 is 2.57 bits per heavy atom. The van der Waals surface area contributed by atoms with Crippen LogP contribution in [0.4, 0.5) is 0 Å². The van der Waals surface area contributed by atoms with E-state index in [-0.39, 0.29) is 0 Å². The van der Waals surface area contributed by atoms with Gasteiger partial charge < -0.3 is 5.32 Å². The quantitative estimate of drug-likeness (QED) is 0.749. The highest BCUT2D eigenvalue weighted by molar-refractivity contribution is 7.19. The van der Waals surface area contributed by atoms with E-state index in [2.05, 4.69) is 50.4 Å². The van der Waals surface area contributed by atoms with Crippen LogP contribution in [0.2, 0.25) is 0 Å². The van der Waals surface area contributed by atoms with Crippen molar-refractivity contribution in [3.05, 3.63) is 34.7 Å². The minimum Gasteiger partial charge on any atom is -0.307 e. The maximum atomic E-state index is 3.89. The maximum absolute atomic E-state index is 3.89. The molecule has 1 saturated carbocycles. The van der Waals surface area contributed by atoms with Gasteiger partial charge in [0, 0.05) is 21.7 Å². The Hall–Kier alpha value is -0.860. The molecule has 1 nitrogen and oxygen atoms in total. The van der Waals surface area contributed by atoms with Gasteiger partial charge in [-0.2, -0.15) is 0 Å². The molecule has 1 N–H and O–H groups in total. The lowest BCUT2D eigenvalue weighted by molar-refractivity contribution is 0.274. The standard InChI is InChI=1S/C19H27NS/c1-4-15-9-11-16(12-10-15)20-14(3)19-13(2)17-7-5-6-8-18(17)21-19/h5-8,14-16,20H,4,9-12H2,1-3H3. The number of hydrogen-bond acceptors (Lipinski definition) is 2. The molecular formula is C19H27NS. The van der Waals surface area contributed by atoms with Gasteiger partial charge >= 0.3 is 0 Å². The van der Waals surface area contributed by atoms with E-state index in [1.807, 2.05) is 11.3 Å². The van der Waals surface area contributed by atoms with Gasteiger partial charge in [-0.05, 0) is 62.5 Å². The van der Waals surface area contributed by atoms with E-state index in [0.717, 1.165) is 5.92 Å². The lowest BCUT2D eigenvalue weighted by atomic mass is 9.84. The number of aryl methyl sites for hydroxylation is 1. The molecule has 1 aliphatic carbocycles. The molecule has 1 aliphatic rings. The van der Waals surface area contributed by atoms with Crippen molar-refractivity contribution >= 4 is 21.4 Å². The van der Waals surface area contributed by atoms with Crippen molar-refractivity contribution < 1.29 is 0 Å². The number of thiophene rings is 1. The second-order valence-corrected chi connectivity index (χ2v) is 7.69.